The molecule has 1 aromatic carbocycles. The quantitative estimate of drug-likeness (QED) is 0.877. The van der Waals surface area contributed by atoms with E-state index >= 15 is 0 Å². The van der Waals surface area contributed by atoms with Crippen molar-refractivity contribution in [1.82, 2.24) is 15.5 Å². The lowest BCUT2D eigenvalue weighted by Gasteiger charge is -2.33. The molecule has 0 saturated carbocycles. The van der Waals surface area contributed by atoms with Gasteiger partial charge in [-0.3, -0.25) is 0 Å². The fraction of sp³-hybridized carbons (Fsp3) is 0.611. The van der Waals surface area contributed by atoms with Gasteiger partial charge in [0, 0.05) is 25.7 Å². The van der Waals surface area contributed by atoms with Gasteiger partial charge < -0.3 is 15.5 Å². The summed E-state index contributed by atoms with van der Waals surface area (Å²) in [5.74, 6) is 0.708. The van der Waals surface area contributed by atoms with Crippen LogP contribution in [0.2, 0.25) is 0 Å². The minimum absolute atomic E-state index is 0.0298. The molecule has 0 aromatic heterocycles. The van der Waals surface area contributed by atoms with Gasteiger partial charge in [-0.05, 0) is 31.2 Å². The molecular weight excluding hydrogens is 274 g/mol. The van der Waals surface area contributed by atoms with Crippen molar-refractivity contribution in [3.8, 4) is 0 Å². The second kappa shape index (κ2) is 8.18. The third-order valence-corrected chi connectivity index (χ3v) is 4.19. The number of likely N-dealkylation sites (tertiary alicyclic amines) is 1. The summed E-state index contributed by atoms with van der Waals surface area (Å²) in [5.41, 5.74) is 1.13. The Morgan fingerprint density at radius 3 is 2.41 bits per heavy atom. The number of hydrogen-bond donors (Lipinski definition) is 2. The summed E-state index contributed by atoms with van der Waals surface area (Å²) in [6.07, 6.45) is 2.08. The fourth-order valence-electron chi connectivity index (χ4n) is 3.03. The molecule has 1 heterocycles. The van der Waals surface area contributed by atoms with Gasteiger partial charge in [0.25, 0.3) is 0 Å². The van der Waals surface area contributed by atoms with Crippen LogP contribution in [0.3, 0.4) is 0 Å². The Morgan fingerprint density at radius 1 is 1.18 bits per heavy atom. The highest BCUT2D eigenvalue weighted by atomic mass is 16.2. The molecule has 0 bridgehead atoms. The van der Waals surface area contributed by atoms with Gasteiger partial charge >= 0.3 is 6.03 Å². The van der Waals surface area contributed by atoms with Crippen molar-refractivity contribution in [1.29, 1.82) is 0 Å². The van der Waals surface area contributed by atoms with Crippen LogP contribution in [0.5, 0.6) is 0 Å². The van der Waals surface area contributed by atoms with E-state index < -0.39 is 0 Å². The highest BCUT2D eigenvalue weighted by Crippen LogP contribution is 2.13. The van der Waals surface area contributed by atoms with E-state index in [1.54, 1.807) is 0 Å². The van der Waals surface area contributed by atoms with Crippen LogP contribution in [0.4, 0.5) is 4.79 Å². The summed E-state index contributed by atoms with van der Waals surface area (Å²) in [6, 6.07) is 10.3. The molecule has 0 radical (unpaired) electrons. The van der Waals surface area contributed by atoms with Gasteiger partial charge in [0.2, 0.25) is 0 Å². The first-order chi connectivity index (χ1) is 10.5. The Morgan fingerprint density at radius 2 is 1.82 bits per heavy atom. The van der Waals surface area contributed by atoms with Crippen LogP contribution in [0, 0.1) is 5.92 Å². The predicted molar refractivity (Wildman–Crippen MR) is 90.8 cm³/mol. The van der Waals surface area contributed by atoms with Crippen LogP contribution in [0.1, 0.15) is 45.2 Å². The van der Waals surface area contributed by atoms with E-state index in [-0.39, 0.29) is 12.1 Å². The highest BCUT2D eigenvalue weighted by Gasteiger charge is 2.21. The molecule has 122 valence electrons. The number of hydrogen-bond acceptors (Lipinski definition) is 2. The van der Waals surface area contributed by atoms with E-state index in [1.807, 2.05) is 37.3 Å². The summed E-state index contributed by atoms with van der Waals surface area (Å²) in [4.78, 5) is 14.6. The average molecular weight is 303 g/mol. The van der Waals surface area contributed by atoms with Crippen molar-refractivity contribution in [2.75, 3.05) is 19.6 Å². The van der Waals surface area contributed by atoms with E-state index in [0.717, 1.165) is 38.0 Å². The third kappa shape index (κ3) is 5.34. The topological polar surface area (TPSA) is 44.4 Å². The highest BCUT2D eigenvalue weighted by molar-refractivity contribution is 5.74. The summed E-state index contributed by atoms with van der Waals surface area (Å²) < 4.78 is 0. The maximum absolute atomic E-state index is 12.1. The zero-order chi connectivity index (χ0) is 15.9. The minimum atomic E-state index is -0.0568. The molecule has 22 heavy (non-hydrogen) atoms. The molecule has 4 heteroatoms. The van der Waals surface area contributed by atoms with Gasteiger partial charge in [-0.15, -0.1) is 0 Å². The standard InChI is InChI=1S/C18H29N3O/c1-14(2)13-21-11-9-17(10-12-21)20-18(22)19-15(3)16-7-5-4-6-8-16/h4-8,14-15,17H,9-13H2,1-3H3,(H2,19,20,22). The Kier molecular flexibility index (Phi) is 6.25. The molecule has 2 amide bonds. The number of rotatable bonds is 5. The number of nitrogens with one attached hydrogen (secondary N) is 2. The lowest BCUT2D eigenvalue weighted by molar-refractivity contribution is 0.177. The van der Waals surface area contributed by atoms with Crippen molar-refractivity contribution < 1.29 is 4.79 Å². The molecule has 2 rings (SSSR count). The van der Waals surface area contributed by atoms with E-state index in [1.165, 1.54) is 0 Å². The molecule has 1 aliphatic rings. The molecule has 2 N–H and O–H groups in total. The molecule has 4 nitrogen and oxygen atoms in total. The van der Waals surface area contributed by atoms with Gasteiger partial charge in [-0.25, -0.2) is 4.79 Å². The van der Waals surface area contributed by atoms with Gasteiger partial charge in [-0.1, -0.05) is 44.2 Å². The molecular formula is C18H29N3O. The number of carbonyl (C=O) groups is 1. The maximum Gasteiger partial charge on any atom is 0.315 e. The Balaban J connectivity index is 1.72. The normalized spacial score (nSPS) is 18.2. The number of piperidine rings is 1. The zero-order valence-corrected chi connectivity index (χ0v) is 14.0. The van der Waals surface area contributed by atoms with Gasteiger partial charge in [-0.2, -0.15) is 0 Å². The number of amides is 2. The van der Waals surface area contributed by atoms with Crippen LogP contribution >= 0.6 is 0 Å². The molecule has 1 aromatic rings. The van der Waals surface area contributed by atoms with E-state index in [9.17, 15) is 4.79 Å². The van der Waals surface area contributed by atoms with Gasteiger partial charge in [0.1, 0.15) is 0 Å². The SMILES string of the molecule is CC(C)CN1CCC(NC(=O)NC(C)c2ccccc2)CC1. The van der Waals surface area contributed by atoms with E-state index in [4.69, 9.17) is 0 Å². The van der Waals surface area contributed by atoms with Crippen LogP contribution in [0.25, 0.3) is 0 Å². The molecule has 0 aliphatic carbocycles. The summed E-state index contributed by atoms with van der Waals surface area (Å²) in [5, 5.41) is 6.14. The first-order valence-corrected chi connectivity index (χ1v) is 8.39. The molecule has 1 fully saturated rings. The summed E-state index contributed by atoms with van der Waals surface area (Å²) in [7, 11) is 0. The number of nitrogens with zero attached hydrogens (tertiary/aromatic N) is 1. The number of carbonyl (C=O) groups excluding carboxylic acids is 1. The minimum Gasteiger partial charge on any atom is -0.335 e. The third-order valence-electron chi connectivity index (χ3n) is 4.19. The monoisotopic (exact) mass is 303 g/mol. The van der Waals surface area contributed by atoms with Crippen LogP contribution in [0.15, 0.2) is 30.3 Å². The van der Waals surface area contributed by atoms with Crippen LogP contribution in [-0.2, 0) is 0 Å². The second-order valence-electron chi connectivity index (χ2n) is 6.72. The van der Waals surface area contributed by atoms with Crippen molar-refractivity contribution in [3.63, 3.8) is 0 Å². The van der Waals surface area contributed by atoms with Crippen molar-refractivity contribution >= 4 is 6.03 Å². The first-order valence-electron chi connectivity index (χ1n) is 8.39. The van der Waals surface area contributed by atoms with Crippen LogP contribution in [-0.4, -0.2) is 36.6 Å². The molecule has 1 aliphatic heterocycles. The molecule has 1 atom stereocenters. The van der Waals surface area contributed by atoms with Gasteiger partial charge in [0.05, 0.1) is 6.04 Å². The number of benzene rings is 1. The van der Waals surface area contributed by atoms with E-state index in [2.05, 4.69) is 29.4 Å². The Bertz CT molecular complexity index is 453. The maximum atomic E-state index is 12.1. The summed E-state index contributed by atoms with van der Waals surface area (Å²) in [6.45, 7) is 9.84. The molecule has 1 unspecified atom stereocenters. The predicted octanol–water partition coefficient (Wildman–Crippen LogP) is 3.17. The lowest BCUT2D eigenvalue weighted by Crippen LogP contribution is -2.48. The molecule has 0 spiro atoms. The Labute approximate surface area is 134 Å². The first kappa shape index (κ1) is 16.8. The zero-order valence-electron chi connectivity index (χ0n) is 14.0. The summed E-state index contributed by atoms with van der Waals surface area (Å²) >= 11 is 0. The van der Waals surface area contributed by atoms with Crippen molar-refractivity contribution in [2.45, 2.75) is 45.7 Å². The largest absolute Gasteiger partial charge is 0.335 e. The smallest absolute Gasteiger partial charge is 0.315 e. The van der Waals surface area contributed by atoms with Gasteiger partial charge in [0.15, 0.2) is 0 Å². The Hall–Kier alpha value is -1.55. The number of urea groups is 1. The van der Waals surface area contributed by atoms with Crippen molar-refractivity contribution in [3.05, 3.63) is 35.9 Å². The van der Waals surface area contributed by atoms with Crippen LogP contribution < -0.4 is 10.6 Å². The second-order valence-corrected chi connectivity index (χ2v) is 6.72. The average Bonchev–Trinajstić information content (AvgIpc) is 2.49. The fourth-order valence-corrected chi connectivity index (χ4v) is 3.03. The lowest BCUT2D eigenvalue weighted by atomic mass is 10.0. The van der Waals surface area contributed by atoms with E-state index in [0.29, 0.717) is 12.0 Å². The van der Waals surface area contributed by atoms with Crippen molar-refractivity contribution in [2.24, 2.45) is 5.92 Å². The molecule has 1 saturated heterocycles.